The molecule has 0 saturated carbocycles. The molecule has 0 amide bonds. The van der Waals surface area contributed by atoms with Crippen molar-refractivity contribution in [2.24, 2.45) is 0 Å². The standard InChI is InChI=1S/C37H36O3Si2/c1-4-36(39-37(38)30(2)3)42(34-26-16-8-17-27-34,35-28-18-9-19-29-35)40-41(31-20-10-5-11-21-31,32-22-12-6-13-23-32)33-24-14-7-15-25-33/h5-29,36H,2,4H2,1,3H3. The third-order valence-electron chi connectivity index (χ3n) is 7.68. The molecule has 0 heterocycles. The first-order chi connectivity index (χ1) is 20.5. The van der Waals surface area contributed by atoms with Crippen LogP contribution in [0.15, 0.2) is 164 Å². The summed E-state index contributed by atoms with van der Waals surface area (Å²) in [4.78, 5) is 13.3. The largest absolute Gasteiger partial charge is 0.459 e. The fraction of sp³-hybridized carbons (Fsp3) is 0.108. The maximum Gasteiger partial charge on any atom is 0.333 e. The van der Waals surface area contributed by atoms with Crippen molar-refractivity contribution in [3.63, 3.8) is 0 Å². The number of carbonyl (C=O) groups excluding carboxylic acids is 1. The van der Waals surface area contributed by atoms with Gasteiger partial charge in [-0.15, -0.1) is 0 Å². The first-order valence-corrected chi connectivity index (χ1v) is 18.3. The second-order valence-electron chi connectivity index (χ2n) is 10.4. The fourth-order valence-electron chi connectivity index (χ4n) is 5.71. The smallest absolute Gasteiger partial charge is 0.333 e. The van der Waals surface area contributed by atoms with Crippen LogP contribution in [0.3, 0.4) is 0 Å². The van der Waals surface area contributed by atoms with Gasteiger partial charge in [-0.05, 0) is 39.3 Å². The lowest BCUT2D eigenvalue weighted by molar-refractivity contribution is -0.141. The van der Waals surface area contributed by atoms with Crippen LogP contribution >= 0.6 is 0 Å². The van der Waals surface area contributed by atoms with E-state index in [1.807, 2.05) is 54.6 Å². The molecule has 0 spiro atoms. The van der Waals surface area contributed by atoms with E-state index in [-0.39, 0.29) is 0 Å². The molecule has 5 aromatic carbocycles. The van der Waals surface area contributed by atoms with Gasteiger partial charge < -0.3 is 8.85 Å². The first kappa shape index (κ1) is 29.2. The Balaban J connectivity index is 1.92. The summed E-state index contributed by atoms with van der Waals surface area (Å²) in [5.74, 6) is -0.402. The minimum absolute atomic E-state index is 0.371. The van der Waals surface area contributed by atoms with Crippen molar-refractivity contribution in [3.8, 4) is 0 Å². The van der Waals surface area contributed by atoms with E-state index in [4.69, 9.17) is 8.85 Å². The minimum Gasteiger partial charge on any atom is -0.459 e. The summed E-state index contributed by atoms with van der Waals surface area (Å²) in [5, 5.41) is 5.50. The lowest BCUT2D eigenvalue weighted by Crippen LogP contribution is -2.81. The molecule has 1 unspecified atom stereocenters. The molecule has 0 aliphatic carbocycles. The van der Waals surface area contributed by atoms with Gasteiger partial charge in [-0.25, -0.2) is 4.79 Å². The first-order valence-electron chi connectivity index (χ1n) is 14.4. The summed E-state index contributed by atoms with van der Waals surface area (Å²) < 4.78 is 14.6. The molecule has 0 aliphatic heterocycles. The van der Waals surface area contributed by atoms with E-state index in [0.29, 0.717) is 12.0 Å². The molecule has 5 rings (SSSR count). The molecule has 210 valence electrons. The third kappa shape index (κ3) is 5.59. The monoisotopic (exact) mass is 584 g/mol. The van der Waals surface area contributed by atoms with Gasteiger partial charge in [0, 0.05) is 5.57 Å². The molecule has 5 heteroatoms. The lowest BCUT2D eigenvalue weighted by Gasteiger charge is -2.46. The highest BCUT2D eigenvalue weighted by atomic mass is 28.4. The summed E-state index contributed by atoms with van der Waals surface area (Å²) >= 11 is 0. The quantitative estimate of drug-likeness (QED) is 0.0963. The number of benzene rings is 5. The summed E-state index contributed by atoms with van der Waals surface area (Å²) in [5.41, 5.74) is -0.148. The zero-order chi connectivity index (χ0) is 29.4. The summed E-state index contributed by atoms with van der Waals surface area (Å²) in [6, 6.07) is 52.5. The van der Waals surface area contributed by atoms with Crippen molar-refractivity contribution < 1.29 is 13.6 Å². The van der Waals surface area contributed by atoms with Gasteiger partial charge in [-0.3, -0.25) is 0 Å². The number of hydrogen-bond acceptors (Lipinski definition) is 3. The molecule has 0 aromatic heterocycles. The van der Waals surface area contributed by atoms with E-state index in [1.165, 1.54) is 0 Å². The van der Waals surface area contributed by atoms with E-state index in [2.05, 4.69) is 111 Å². The van der Waals surface area contributed by atoms with Crippen LogP contribution in [0.25, 0.3) is 0 Å². The van der Waals surface area contributed by atoms with Crippen LogP contribution in [-0.4, -0.2) is 28.3 Å². The lowest BCUT2D eigenvalue weighted by atomic mass is 10.3. The summed E-state index contributed by atoms with van der Waals surface area (Å²) in [7, 11) is -6.63. The molecule has 42 heavy (non-hydrogen) atoms. The maximum absolute atomic E-state index is 13.3. The van der Waals surface area contributed by atoms with Crippen molar-refractivity contribution in [1.29, 1.82) is 0 Å². The van der Waals surface area contributed by atoms with Gasteiger partial charge in [0.15, 0.2) is 0 Å². The topological polar surface area (TPSA) is 35.5 Å². The summed E-state index contributed by atoms with van der Waals surface area (Å²) in [6.45, 7) is 7.67. The minimum atomic E-state index is -3.39. The Hall–Kier alpha value is -4.30. The Morgan fingerprint density at radius 1 is 0.595 bits per heavy atom. The molecule has 0 aliphatic rings. The molecule has 0 fully saturated rings. The van der Waals surface area contributed by atoms with E-state index in [9.17, 15) is 4.79 Å². The van der Waals surface area contributed by atoms with Crippen molar-refractivity contribution in [2.45, 2.75) is 26.0 Å². The molecular formula is C37H36O3Si2. The highest BCUT2D eigenvalue weighted by Crippen LogP contribution is 2.25. The SMILES string of the molecule is C=C(C)C(=O)OC(CC)[Si](O[Si](c1ccccc1)(c1ccccc1)c1ccccc1)(c1ccccc1)c1ccccc1. The van der Waals surface area contributed by atoms with Crippen LogP contribution < -0.4 is 25.9 Å². The third-order valence-corrected chi connectivity index (χ3v) is 17.4. The van der Waals surface area contributed by atoms with Crippen molar-refractivity contribution in [1.82, 2.24) is 0 Å². The molecule has 1 atom stereocenters. The summed E-state index contributed by atoms with van der Waals surface area (Å²) in [6.07, 6.45) is 0.581. The molecule has 0 N–H and O–H groups in total. The molecule has 3 nitrogen and oxygen atoms in total. The number of rotatable bonds is 11. The van der Waals surface area contributed by atoms with E-state index in [1.54, 1.807) is 6.92 Å². The van der Waals surface area contributed by atoms with Gasteiger partial charge in [0.2, 0.25) is 0 Å². The number of ether oxygens (including phenoxy) is 1. The molecular weight excluding hydrogens is 549 g/mol. The van der Waals surface area contributed by atoms with Crippen LogP contribution in [0, 0.1) is 0 Å². The number of carbonyl (C=O) groups is 1. The van der Waals surface area contributed by atoms with E-state index < -0.39 is 28.3 Å². The second kappa shape index (κ2) is 13.1. The average molecular weight is 585 g/mol. The Bertz CT molecular complexity index is 1460. The van der Waals surface area contributed by atoms with E-state index >= 15 is 0 Å². The Morgan fingerprint density at radius 2 is 0.905 bits per heavy atom. The Labute approximate surface area is 251 Å². The fourth-order valence-corrected chi connectivity index (χ4v) is 16.8. The number of hydrogen-bond donors (Lipinski definition) is 0. The predicted molar refractivity (Wildman–Crippen MR) is 178 cm³/mol. The van der Waals surface area contributed by atoms with Crippen molar-refractivity contribution in [2.75, 3.05) is 0 Å². The van der Waals surface area contributed by atoms with E-state index in [0.717, 1.165) is 25.9 Å². The van der Waals surface area contributed by atoms with Crippen molar-refractivity contribution >= 4 is 48.5 Å². The molecule has 0 radical (unpaired) electrons. The maximum atomic E-state index is 13.3. The van der Waals surface area contributed by atoms with Crippen LogP contribution in [0.4, 0.5) is 0 Å². The van der Waals surface area contributed by atoms with Crippen LogP contribution in [0.1, 0.15) is 20.3 Å². The van der Waals surface area contributed by atoms with Gasteiger partial charge in [-0.2, -0.15) is 0 Å². The average Bonchev–Trinajstić information content (AvgIpc) is 3.06. The van der Waals surface area contributed by atoms with Crippen LogP contribution in [-0.2, 0) is 13.6 Å². The highest BCUT2D eigenvalue weighted by Gasteiger charge is 2.56. The van der Waals surface area contributed by atoms with Gasteiger partial charge in [0.25, 0.3) is 16.6 Å². The zero-order valence-corrected chi connectivity index (χ0v) is 26.2. The predicted octanol–water partition coefficient (Wildman–Crippen LogP) is 4.87. The Morgan fingerprint density at radius 3 is 1.19 bits per heavy atom. The van der Waals surface area contributed by atoms with Gasteiger partial charge in [0.05, 0.1) is 0 Å². The molecule has 0 saturated heterocycles. The van der Waals surface area contributed by atoms with Gasteiger partial charge in [-0.1, -0.05) is 165 Å². The highest BCUT2D eigenvalue weighted by molar-refractivity contribution is 7.14. The molecule has 5 aromatic rings. The van der Waals surface area contributed by atoms with Gasteiger partial charge in [0.1, 0.15) is 5.73 Å². The van der Waals surface area contributed by atoms with Crippen LogP contribution in [0.2, 0.25) is 0 Å². The Kier molecular flexibility index (Phi) is 9.13. The zero-order valence-electron chi connectivity index (χ0n) is 24.2. The second-order valence-corrected chi connectivity index (χ2v) is 17.6. The normalized spacial score (nSPS) is 12.3. The number of esters is 1. The van der Waals surface area contributed by atoms with Crippen molar-refractivity contribution in [3.05, 3.63) is 164 Å². The van der Waals surface area contributed by atoms with Crippen LogP contribution in [0.5, 0.6) is 0 Å². The van der Waals surface area contributed by atoms with Gasteiger partial charge >= 0.3 is 5.97 Å². The molecule has 0 bridgehead atoms.